The molecule has 8 heteroatoms. The number of aromatic nitrogens is 1. The molecule has 0 bridgehead atoms. The fourth-order valence-electron chi connectivity index (χ4n) is 3.71. The van der Waals surface area contributed by atoms with Gasteiger partial charge in [-0.15, -0.1) is 11.3 Å². The number of hydrogen-bond donors (Lipinski definition) is 2. The predicted molar refractivity (Wildman–Crippen MR) is 132 cm³/mol. The molecule has 0 radical (unpaired) electrons. The van der Waals surface area contributed by atoms with Crippen LogP contribution < -0.4 is 15.5 Å². The van der Waals surface area contributed by atoms with Crippen molar-refractivity contribution in [3.63, 3.8) is 0 Å². The number of morpholine rings is 1. The number of thiazole rings is 1. The normalized spacial score (nSPS) is 14.5. The Morgan fingerprint density at radius 3 is 2.45 bits per heavy atom. The molecular formula is C25H28N4O3S. The van der Waals surface area contributed by atoms with Gasteiger partial charge in [0.25, 0.3) is 0 Å². The molecule has 2 amide bonds. The molecule has 1 aliphatic heterocycles. The third kappa shape index (κ3) is 6.18. The molecule has 0 spiro atoms. The summed E-state index contributed by atoms with van der Waals surface area (Å²) in [6.45, 7) is 6.65. The van der Waals surface area contributed by atoms with E-state index < -0.39 is 0 Å². The van der Waals surface area contributed by atoms with E-state index in [9.17, 15) is 9.59 Å². The molecule has 2 heterocycles. The van der Waals surface area contributed by atoms with Gasteiger partial charge in [0.05, 0.1) is 31.4 Å². The second-order valence-electron chi connectivity index (χ2n) is 8.11. The Morgan fingerprint density at radius 1 is 1.09 bits per heavy atom. The molecule has 0 aliphatic carbocycles. The maximum absolute atomic E-state index is 12.7. The van der Waals surface area contributed by atoms with Crippen LogP contribution in [0, 0.1) is 6.92 Å². The van der Waals surface area contributed by atoms with E-state index in [0.29, 0.717) is 5.69 Å². The van der Waals surface area contributed by atoms with Crippen molar-refractivity contribution >= 4 is 34.0 Å². The average molecular weight is 465 g/mol. The van der Waals surface area contributed by atoms with Crippen molar-refractivity contribution in [1.29, 1.82) is 0 Å². The van der Waals surface area contributed by atoms with Crippen molar-refractivity contribution in [3.8, 4) is 11.3 Å². The van der Waals surface area contributed by atoms with Crippen molar-refractivity contribution in [2.24, 2.45) is 0 Å². The van der Waals surface area contributed by atoms with Crippen molar-refractivity contribution in [1.82, 2.24) is 10.3 Å². The van der Waals surface area contributed by atoms with Crippen LogP contribution in [0.25, 0.3) is 11.3 Å². The number of nitrogens with one attached hydrogen (secondary N) is 2. The largest absolute Gasteiger partial charge is 0.378 e. The summed E-state index contributed by atoms with van der Waals surface area (Å²) in [7, 11) is 0. The number of rotatable bonds is 7. The van der Waals surface area contributed by atoms with Gasteiger partial charge in [-0.05, 0) is 24.6 Å². The van der Waals surface area contributed by atoms with Crippen LogP contribution in [0.15, 0.2) is 53.9 Å². The van der Waals surface area contributed by atoms with Gasteiger partial charge in [-0.2, -0.15) is 0 Å². The SMILES string of the molecule is CC(=O)NC(CC(=O)Nc1ccc(-c2csc(N3CCOCC3)n2)cc1)c1ccc(C)cc1. The molecule has 7 nitrogen and oxygen atoms in total. The maximum Gasteiger partial charge on any atom is 0.226 e. The number of carbonyl (C=O) groups excluding carboxylic acids is 2. The lowest BCUT2D eigenvalue weighted by Gasteiger charge is -2.26. The zero-order valence-corrected chi connectivity index (χ0v) is 19.7. The monoisotopic (exact) mass is 464 g/mol. The lowest BCUT2D eigenvalue weighted by molar-refractivity contribution is -0.120. The van der Waals surface area contributed by atoms with E-state index >= 15 is 0 Å². The standard InChI is InChI=1S/C25H28N4O3S/c1-17-3-5-19(6-4-17)22(26-18(2)30)15-24(31)27-21-9-7-20(8-10-21)23-16-33-25(28-23)29-11-13-32-14-12-29/h3-10,16,22H,11-15H2,1-2H3,(H,26,30)(H,27,31). The van der Waals surface area contributed by atoms with E-state index in [-0.39, 0.29) is 24.3 Å². The Labute approximate surface area is 197 Å². The molecule has 172 valence electrons. The number of carbonyl (C=O) groups is 2. The Hall–Kier alpha value is -3.23. The number of aryl methyl sites for hydroxylation is 1. The molecule has 4 rings (SSSR count). The molecule has 1 unspecified atom stereocenters. The van der Waals surface area contributed by atoms with Crippen molar-refractivity contribution in [2.75, 3.05) is 36.5 Å². The van der Waals surface area contributed by atoms with Gasteiger partial charge >= 0.3 is 0 Å². The summed E-state index contributed by atoms with van der Waals surface area (Å²) in [6, 6.07) is 15.1. The first-order chi connectivity index (χ1) is 16.0. The molecule has 0 saturated carbocycles. The molecular weight excluding hydrogens is 436 g/mol. The Kier molecular flexibility index (Phi) is 7.36. The van der Waals surface area contributed by atoms with E-state index in [1.807, 2.05) is 55.5 Å². The minimum absolute atomic E-state index is 0.152. The lowest BCUT2D eigenvalue weighted by atomic mass is 10.0. The summed E-state index contributed by atoms with van der Waals surface area (Å²) >= 11 is 1.63. The summed E-state index contributed by atoms with van der Waals surface area (Å²) in [5.74, 6) is -0.331. The molecule has 1 aromatic heterocycles. The summed E-state index contributed by atoms with van der Waals surface area (Å²) in [5, 5.41) is 8.86. The number of amides is 2. The second-order valence-corrected chi connectivity index (χ2v) is 8.94. The second kappa shape index (κ2) is 10.6. The Morgan fingerprint density at radius 2 is 1.79 bits per heavy atom. The van der Waals surface area contributed by atoms with Gasteiger partial charge in [0, 0.05) is 36.6 Å². The number of anilines is 2. The number of benzene rings is 2. The van der Waals surface area contributed by atoms with E-state index in [4.69, 9.17) is 9.72 Å². The summed E-state index contributed by atoms with van der Waals surface area (Å²) in [4.78, 5) is 31.3. The lowest BCUT2D eigenvalue weighted by Crippen LogP contribution is -2.36. The molecule has 1 atom stereocenters. The van der Waals surface area contributed by atoms with Crippen LogP contribution in [0.1, 0.15) is 30.5 Å². The highest BCUT2D eigenvalue weighted by Crippen LogP contribution is 2.29. The van der Waals surface area contributed by atoms with Crippen LogP contribution in [0.3, 0.4) is 0 Å². The van der Waals surface area contributed by atoms with Crippen LogP contribution >= 0.6 is 11.3 Å². The van der Waals surface area contributed by atoms with Gasteiger partial charge in [-0.25, -0.2) is 4.98 Å². The van der Waals surface area contributed by atoms with Gasteiger partial charge in [0.1, 0.15) is 0 Å². The number of hydrogen-bond acceptors (Lipinski definition) is 6. The van der Waals surface area contributed by atoms with Crippen LogP contribution in [0.2, 0.25) is 0 Å². The minimum Gasteiger partial charge on any atom is -0.378 e. The minimum atomic E-state index is -0.379. The highest BCUT2D eigenvalue weighted by Gasteiger charge is 2.18. The highest BCUT2D eigenvalue weighted by molar-refractivity contribution is 7.14. The van der Waals surface area contributed by atoms with E-state index in [0.717, 1.165) is 53.8 Å². The fraction of sp³-hybridized carbons (Fsp3) is 0.320. The van der Waals surface area contributed by atoms with Crippen LogP contribution in [0.5, 0.6) is 0 Å². The molecule has 1 saturated heterocycles. The molecule has 2 aromatic carbocycles. The zero-order valence-electron chi connectivity index (χ0n) is 18.8. The predicted octanol–water partition coefficient (Wildman–Crippen LogP) is 4.16. The summed E-state index contributed by atoms with van der Waals surface area (Å²) < 4.78 is 5.41. The number of nitrogens with zero attached hydrogens (tertiary/aromatic N) is 2. The van der Waals surface area contributed by atoms with E-state index in [2.05, 4.69) is 20.9 Å². The molecule has 1 aliphatic rings. The molecule has 3 aromatic rings. The molecule has 2 N–H and O–H groups in total. The quantitative estimate of drug-likeness (QED) is 0.549. The third-order valence-electron chi connectivity index (χ3n) is 5.48. The Bertz CT molecular complexity index is 1090. The first-order valence-corrected chi connectivity index (χ1v) is 11.9. The van der Waals surface area contributed by atoms with E-state index in [1.54, 1.807) is 11.3 Å². The van der Waals surface area contributed by atoms with Crippen LogP contribution in [-0.2, 0) is 14.3 Å². The average Bonchev–Trinajstić information content (AvgIpc) is 3.30. The molecule has 1 fully saturated rings. The van der Waals surface area contributed by atoms with Crippen molar-refractivity contribution < 1.29 is 14.3 Å². The van der Waals surface area contributed by atoms with Crippen molar-refractivity contribution in [2.45, 2.75) is 26.3 Å². The fourth-order valence-corrected chi connectivity index (χ4v) is 4.60. The zero-order chi connectivity index (χ0) is 23.2. The first kappa shape index (κ1) is 22.9. The van der Waals surface area contributed by atoms with Crippen LogP contribution in [0.4, 0.5) is 10.8 Å². The van der Waals surface area contributed by atoms with Gasteiger partial charge in [0.15, 0.2) is 5.13 Å². The highest BCUT2D eigenvalue weighted by atomic mass is 32.1. The maximum atomic E-state index is 12.7. The first-order valence-electron chi connectivity index (χ1n) is 11.0. The summed E-state index contributed by atoms with van der Waals surface area (Å²) in [6.07, 6.45) is 0.152. The van der Waals surface area contributed by atoms with Crippen LogP contribution in [-0.4, -0.2) is 43.1 Å². The molecule has 33 heavy (non-hydrogen) atoms. The van der Waals surface area contributed by atoms with Gasteiger partial charge in [0.2, 0.25) is 11.8 Å². The van der Waals surface area contributed by atoms with E-state index in [1.165, 1.54) is 6.92 Å². The Balaban J connectivity index is 1.38. The van der Waals surface area contributed by atoms with Gasteiger partial charge in [-0.1, -0.05) is 42.0 Å². The van der Waals surface area contributed by atoms with Crippen molar-refractivity contribution in [3.05, 3.63) is 65.0 Å². The number of ether oxygens (including phenoxy) is 1. The topological polar surface area (TPSA) is 83.6 Å². The third-order valence-corrected chi connectivity index (χ3v) is 6.39. The summed E-state index contributed by atoms with van der Waals surface area (Å²) in [5.41, 5.74) is 4.66. The van der Waals surface area contributed by atoms with Gasteiger partial charge in [-0.3, -0.25) is 9.59 Å². The smallest absolute Gasteiger partial charge is 0.226 e. The van der Waals surface area contributed by atoms with Gasteiger partial charge < -0.3 is 20.3 Å².